The molecular formula is C26H28N2O3. The van der Waals surface area contributed by atoms with Gasteiger partial charge in [-0.2, -0.15) is 0 Å². The van der Waals surface area contributed by atoms with E-state index < -0.39 is 11.6 Å². The third-order valence-electron chi connectivity index (χ3n) is 4.79. The molecule has 0 aliphatic heterocycles. The summed E-state index contributed by atoms with van der Waals surface area (Å²) in [5.41, 5.74) is 5.74. The van der Waals surface area contributed by atoms with E-state index in [1.54, 1.807) is 27.0 Å². The van der Waals surface area contributed by atoms with Gasteiger partial charge in [0, 0.05) is 28.2 Å². The zero-order chi connectivity index (χ0) is 22.8. The van der Waals surface area contributed by atoms with E-state index in [-0.39, 0.29) is 6.42 Å². The number of aliphatic carboxylic acids is 1. The van der Waals surface area contributed by atoms with Gasteiger partial charge in [-0.3, -0.25) is 14.8 Å². The molecule has 0 fully saturated rings. The lowest BCUT2D eigenvalue weighted by Crippen LogP contribution is -2.10. The standard InChI is InChI=1S/C22H18N2O2.C4H10O/c1-13-9-10-17(22-15(13)7-5-11-23-22)21-16-6-3-4-8-19(16)24-14(2)18(21)12-20(25)26;1-4(2,3)5/h3-11H,12H2,1-2H3,(H,25,26);5H,1-3H3. The van der Waals surface area contributed by atoms with Crippen molar-refractivity contribution in [3.8, 4) is 11.1 Å². The van der Waals surface area contributed by atoms with Crippen molar-refractivity contribution < 1.29 is 15.0 Å². The lowest BCUT2D eigenvalue weighted by molar-refractivity contribution is -0.136. The zero-order valence-electron chi connectivity index (χ0n) is 18.6. The molecule has 5 nitrogen and oxygen atoms in total. The van der Waals surface area contributed by atoms with Crippen LogP contribution in [0.5, 0.6) is 0 Å². The van der Waals surface area contributed by atoms with Gasteiger partial charge in [0.05, 0.1) is 23.1 Å². The average molecular weight is 417 g/mol. The first-order valence-electron chi connectivity index (χ1n) is 10.2. The fourth-order valence-electron chi connectivity index (χ4n) is 3.57. The van der Waals surface area contributed by atoms with Gasteiger partial charge in [-0.05, 0) is 63.4 Å². The second-order valence-electron chi connectivity index (χ2n) is 8.64. The van der Waals surface area contributed by atoms with Crippen molar-refractivity contribution >= 4 is 27.8 Å². The van der Waals surface area contributed by atoms with Gasteiger partial charge in [-0.15, -0.1) is 0 Å². The van der Waals surface area contributed by atoms with E-state index in [2.05, 4.69) is 23.0 Å². The number of hydrogen-bond acceptors (Lipinski definition) is 4. The van der Waals surface area contributed by atoms with E-state index in [0.29, 0.717) is 0 Å². The average Bonchev–Trinajstić information content (AvgIpc) is 2.68. The molecule has 4 aromatic rings. The number of aromatic nitrogens is 2. The van der Waals surface area contributed by atoms with Crippen LogP contribution in [0.2, 0.25) is 0 Å². The van der Waals surface area contributed by atoms with Crippen molar-refractivity contribution in [1.29, 1.82) is 0 Å². The number of fused-ring (bicyclic) bond motifs is 2. The van der Waals surface area contributed by atoms with Gasteiger partial charge in [0.25, 0.3) is 0 Å². The highest BCUT2D eigenvalue weighted by Crippen LogP contribution is 2.37. The van der Waals surface area contributed by atoms with E-state index in [9.17, 15) is 9.90 Å². The molecule has 0 amide bonds. The minimum absolute atomic E-state index is 0.0682. The number of para-hydroxylation sites is 1. The summed E-state index contributed by atoms with van der Waals surface area (Å²) in [5, 5.41) is 20.0. The van der Waals surface area contributed by atoms with E-state index >= 15 is 0 Å². The number of aliphatic hydroxyl groups is 1. The lowest BCUT2D eigenvalue weighted by Gasteiger charge is -2.16. The number of pyridine rings is 2. The molecule has 0 saturated carbocycles. The fourth-order valence-corrected chi connectivity index (χ4v) is 3.57. The first-order valence-corrected chi connectivity index (χ1v) is 10.2. The van der Waals surface area contributed by atoms with Crippen LogP contribution in [-0.4, -0.2) is 31.8 Å². The smallest absolute Gasteiger partial charge is 0.307 e. The molecular weight excluding hydrogens is 388 g/mol. The van der Waals surface area contributed by atoms with Gasteiger partial charge in [0.2, 0.25) is 0 Å². The number of nitrogens with zero attached hydrogens (tertiary/aromatic N) is 2. The number of benzene rings is 2. The SMILES string of the molecule is CC(C)(C)O.Cc1nc2ccccc2c(-c2ccc(C)c3cccnc23)c1CC(=O)O. The molecule has 5 heteroatoms. The predicted octanol–water partition coefficient (Wildman–Crippen LogP) is 5.47. The van der Waals surface area contributed by atoms with Crippen molar-refractivity contribution in [1.82, 2.24) is 9.97 Å². The molecule has 0 bridgehead atoms. The number of hydrogen-bond donors (Lipinski definition) is 2. The Balaban J connectivity index is 0.000000491. The Bertz CT molecular complexity index is 1250. The first kappa shape index (κ1) is 22.4. The summed E-state index contributed by atoms with van der Waals surface area (Å²) < 4.78 is 0. The third kappa shape index (κ3) is 5.25. The summed E-state index contributed by atoms with van der Waals surface area (Å²) >= 11 is 0. The van der Waals surface area contributed by atoms with Crippen LogP contribution in [0.4, 0.5) is 0 Å². The van der Waals surface area contributed by atoms with Gasteiger partial charge in [-0.1, -0.05) is 36.4 Å². The fraction of sp³-hybridized carbons (Fsp3) is 0.269. The maximum absolute atomic E-state index is 11.5. The highest BCUT2D eigenvalue weighted by Gasteiger charge is 2.19. The molecule has 4 rings (SSSR count). The van der Waals surface area contributed by atoms with Gasteiger partial charge in [-0.25, -0.2) is 0 Å². The van der Waals surface area contributed by atoms with E-state index in [4.69, 9.17) is 5.11 Å². The molecule has 0 aliphatic rings. The zero-order valence-corrected chi connectivity index (χ0v) is 18.6. The Morgan fingerprint density at radius 3 is 2.29 bits per heavy atom. The van der Waals surface area contributed by atoms with Crippen LogP contribution in [0.1, 0.15) is 37.6 Å². The van der Waals surface area contributed by atoms with Crippen molar-refractivity contribution in [2.45, 2.75) is 46.6 Å². The van der Waals surface area contributed by atoms with Gasteiger partial charge < -0.3 is 10.2 Å². The Morgan fingerprint density at radius 1 is 0.968 bits per heavy atom. The van der Waals surface area contributed by atoms with Crippen LogP contribution in [-0.2, 0) is 11.2 Å². The summed E-state index contributed by atoms with van der Waals surface area (Å²) in [4.78, 5) is 20.8. The monoisotopic (exact) mass is 416 g/mol. The molecule has 2 N–H and O–H groups in total. The number of carboxylic acids is 1. The summed E-state index contributed by atoms with van der Waals surface area (Å²) in [5.74, 6) is -0.865. The molecule has 0 aliphatic carbocycles. The minimum Gasteiger partial charge on any atom is -0.481 e. The van der Waals surface area contributed by atoms with E-state index in [1.807, 2.05) is 49.4 Å². The summed E-state index contributed by atoms with van der Waals surface area (Å²) in [6, 6.07) is 15.9. The third-order valence-corrected chi connectivity index (χ3v) is 4.79. The second kappa shape index (κ2) is 8.82. The summed E-state index contributed by atoms with van der Waals surface area (Å²) in [6.07, 6.45) is 1.71. The quantitative estimate of drug-likeness (QED) is 0.463. The van der Waals surface area contributed by atoms with Gasteiger partial charge >= 0.3 is 5.97 Å². The highest BCUT2D eigenvalue weighted by molar-refractivity contribution is 6.05. The minimum atomic E-state index is -0.865. The van der Waals surface area contributed by atoms with Crippen LogP contribution < -0.4 is 0 Å². The molecule has 2 aromatic carbocycles. The van der Waals surface area contributed by atoms with Crippen molar-refractivity contribution in [2.75, 3.05) is 0 Å². The summed E-state index contributed by atoms with van der Waals surface area (Å²) in [6.45, 7) is 9.16. The van der Waals surface area contributed by atoms with Crippen LogP contribution in [0.25, 0.3) is 32.9 Å². The molecule has 31 heavy (non-hydrogen) atoms. The molecule has 0 saturated heterocycles. The lowest BCUT2D eigenvalue weighted by atomic mass is 9.90. The number of carboxylic acid groups (broad SMARTS) is 1. The molecule has 0 radical (unpaired) electrons. The molecule has 0 spiro atoms. The Labute approximate surface area is 182 Å². The number of carbonyl (C=O) groups is 1. The maximum atomic E-state index is 11.5. The predicted molar refractivity (Wildman–Crippen MR) is 125 cm³/mol. The second-order valence-corrected chi connectivity index (χ2v) is 8.64. The largest absolute Gasteiger partial charge is 0.481 e. The van der Waals surface area contributed by atoms with Crippen molar-refractivity contribution in [3.63, 3.8) is 0 Å². The van der Waals surface area contributed by atoms with Gasteiger partial charge in [0.15, 0.2) is 0 Å². The van der Waals surface area contributed by atoms with Gasteiger partial charge in [0.1, 0.15) is 0 Å². The van der Waals surface area contributed by atoms with E-state index in [1.165, 1.54) is 0 Å². The van der Waals surface area contributed by atoms with E-state index in [0.717, 1.165) is 49.8 Å². The highest BCUT2D eigenvalue weighted by atomic mass is 16.4. The Hall–Kier alpha value is -3.31. The maximum Gasteiger partial charge on any atom is 0.307 e. The molecule has 160 valence electrons. The number of rotatable bonds is 3. The topological polar surface area (TPSA) is 83.3 Å². The van der Waals surface area contributed by atoms with Crippen molar-refractivity contribution in [2.24, 2.45) is 0 Å². The van der Waals surface area contributed by atoms with Crippen LogP contribution >= 0.6 is 0 Å². The molecule has 0 atom stereocenters. The molecule has 2 heterocycles. The Morgan fingerprint density at radius 2 is 1.61 bits per heavy atom. The number of aryl methyl sites for hydroxylation is 2. The van der Waals surface area contributed by atoms with Crippen LogP contribution in [0.3, 0.4) is 0 Å². The van der Waals surface area contributed by atoms with Crippen molar-refractivity contribution in [3.05, 3.63) is 71.5 Å². The van der Waals surface area contributed by atoms with Crippen LogP contribution in [0.15, 0.2) is 54.7 Å². The normalized spacial score (nSPS) is 11.3. The molecule has 0 unspecified atom stereocenters. The van der Waals surface area contributed by atoms with Crippen LogP contribution in [0, 0.1) is 13.8 Å². The Kier molecular flexibility index (Phi) is 6.37. The molecule has 2 aromatic heterocycles. The summed E-state index contributed by atoms with van der Waals surface area (Å²) in [7, 11) is 0. The first-order chi connectivity index (χ1) is 14.6.